The molecule has 1 saturated heterocycles. The molecule has 0 saturated carbocycles. The number of nitrogens with zero attached hydrogens (tertiary/aromatic N) is 1. The molecule has 1 heterocycles. The van der Waals surface area contributed by atoms with E-state index in [1.807, 2.05) is 48.5 Å². The first-order chi connectivity index (χ1) is 16.4. The van der Waals surface area contributed by atoms with E-state index in [1.54, 1.807) is 6.92 Å². The van der Waals surface area contributed by atoms with Crippen LogP contribution in [0.3, 0.4) is 0 Å². The first kappa shape index (κ1) is 23.3. The van der Waals surface area contributed by atoms with Crippen LogP contribution in [-0.2, 0) is 19.1 Å². The number of rotatable bonds is 7. The van der Waals surface area contributed by atoms with Crippen LogP contribution < -0.4 is 10.6 Å². The van der Waals surface area contributed by atoms with Crippen LogP contribution in [0.15, 0.2) is 48.5 Å². The number of piperazine rings is 1. The molecule has 2 aromatic rings. The van der Waals surface area contributed by atoms with Crippen LogP contribution in [0.4, 0.5) is 4.79 Å². The van der Waals surface area contributed by atoms with Crippen LogP contribution in [0.5, 0.6) is 0 Å². The van der Waals surface area contributed by atoms with E-state index in [2.05, 4.69) is 10.6 Å². The third-order valence-corrected chi connectivity index (χ3v) is 6.32. The lowest BCUT2D eigenvalue weighted by atomic mass is 9.98. The number of hydrogen-bond donors (Lipinski definition) is 3. The molecule has 178 valence electrons. The lowest BCUT2D eigenvalue weighted by Gasteiger charge is -2.36. The molecular formula is C25H27N3O6. The predicted molar refractivity (Wildman–Crippen MR) is 123 cm³/mol. The summed E-state index contributed by atoms with van der Waals surface area (Å²) < 4.78 is 5.53. The summed E-state index contributed by atoms with van der Waals surface area (Å²) >= 11 is 0. The quantitative estimate of drug-likeness (QED) is 0.575. The molecule has 0 spiro atoms. The summed E-state index contributed by atoms with van der Waals surface area (Å²) in [6, 6.07) is 13.9. The number of hydrogen-bond acceptors (Lipinski definition) is 5. The minimum absolute atomic E-state index is 0.109. The molecule has 1 fully saturated rings. The molecule has 34 heavy (non-hydrogen) atoms. The highest BCUT2D eigenvalue weighted by atomic mass is 16.5. The van der Waals surface area contributed by atoms with Crippen molar-refractivity contribution in [3.63, 3.8) is 0 Å². The van der Waals surface area contributed by atoms with Gasteiger partial charge >= 0.3 is 12.1 Å². The summed E-state index contributed by atoms with van der Waals surface area (Å²) in [5, 5.41) is 14.3. The second-order valence-corrected chi connectivity index (χ2v) is 8.37. The van der Waals surface area contributed by atoms with Gasteiger partial charge in [0.1, 0.15) is 18.7 Å². The van der Waals surface area contributed by atoms with Crippen LogP contribution in [0.1, 0.15) is 36.8 Å². The number of carboxylic acids is 1. The smallest absolute Gasteiger partial charge is 0.407 e. The highest BCUT2D eigenvalue weighted by Gasteiger charge is 2.38. The van der Waals surface area contributed by atoms with Crippen LogP contribution in [0.25, 0.3) is 11.1 Å². The summed E-state index contributed by atoms with van der Waals surface area (Å²) in [5.41, 5.74) is 4.38. The van der Waals surface area contributed by atoms with Crippen molar-refractivity contribution in [3.8, 4) is 11.1 Å². The Bertz CT molecular complexity index is 1070. The van der Waals surface area contributed by atoms with Crippen molar-refractivity contribution in [2.75, 3.05) is 19.7 Å². The molecule has 1 aliphatic carbocycles. The first-order valence-electron chi connectivity index (χ1n) is 11.3. The molecule has 9 nitrogen and oxygen atoms in total. The Morgan fingerprint density at radius 3 is 2.32 bits per heavy atom. The van der Waals surface area contributed by atoms with Crippen molar-refractivity contribution in [3.05, 3.63) is 59.7 Å². The van der Waals surface area contributed by atoms with Crippen molar-refractivity contribution in [1.82, 2.24) is 15.5 Å². The highest BCUT2D eigenvalue weighted by molar-refractivity contribution is 5.94. The maximum atomic E-state index is 13.1. The van der Waals surface area contributed by atoms with E-state index >= 15 is 0 Å². The Morgan fingerprint density at radius 1 is 1.12 bits per heavy atom. The SMILES string of the molecule is CC[C@@H](NC(=O)OCC1c2ccccc2-c2ccccc21)C(=O)N1CCNC(=O)C1CC(=O)O. The van der Waals surface area contributed by atoms with Crippen molar-refractivity contribution < 1.29 is 29.0 Å². The van der Waals surface area contributed by atoms with E-state index in [-0.39, 0.29) is 32.0 Å². The van der Waals surface area contributed by atoms with Crippen LogP contribution in [0.2, 0.25) is 0 Å². The van der Waals surface area contributed by atoms with Gasteiger partial charge in [-0.15, -0.1) is 0 Å². The van der Waals surface area contributed by atoms with E-state index in [1.165, 1.54) is 4.90 Å². The average molecular weight is 466 g/mol. The number of carbonyl (C=O) groups is 4. The van der Waals surface area contributed by atoms with Gasteiger partial charge < -0.3 is 25.4 Å². The Kier molecular flexibility index (Phi) is 6.81. The third-order valence-electron chi connectivity index (χ3n) is 6.32. The molecule has 3 N–H and O–H groups in total. The van der Waals surface area contributed by atoms with Gasteiger partial charge in [0.15, 0.2) is 0 Å². The number of aliphatic carboxylic acids is 1. The zero-order valence-electron chi connectivity index (χ0n) is 18.8. The number of carbonyl (C=O) groups excluding carboxylic acids is 3. The number of ether oxygens (including phenoxy) is 1. The molecular weight excluding hydrogens is 438 g/mol. The monoisotopic (exact) mass is 465 g/mol. The van der Waals surface area contributed by atoms with Gasteiger partial charge in [0.05, 0.1) is 6.42 Å². The fourth-order valence-corrected chi connectivity index (χ4v) is 4.67. The minimum atomic E-state index is -1.18. The van der Waals surface area contributed by atoms with E-state index in [0.717, 1.165) is 22.3 Å². The van der Waals surface area contributed by atoms with Crippen molar-refractivity contribution in [1.29, 1.82) is 0 Å². The topological polar surface area (TPSA) is 125 Å². The molecule has 0 aromatic heterocycles. The summed E-state index contributed by atoms with van der Waals surface area (Å²) in [7, 11) is 0. The van der Waals surface area contributed by atoms with Crippen molar-refractivity contribution in [2.24, 2.45) is 0 Å². The molecule has 2 aromatic carbocycles. The lowest BCUT2D eigenvalue weighted by Crippen LogP contribution is -2.61. The number of amides is 3. The zero-order chi connectivity index (χ0) is 24.2. The minimum Gasteiger partial charge on any atom is -0.481 e. The maximum Gasteiger partial charge on any atom is 0.407 e. The molecule has 2 aliphatic rings. The highest BCUT2D eigenvalue weighted by Crippen LogP contribution is 2.44. The molecule has 2 atom stereocenters. The van der Waals surface area contributed by atoms with Gasteiger partial charge in [0.25, 0.3) is 0 Å². The third kappa shape index (κ3) is 4.59. The number of carboxylic acid groups (broad SMARTS) is 1. The summed E-state index contributed by atoms with van der Waals surface area (Å²) in [6.45, 7) is 2.23. The van der Waals surface area contributed by atoms with Gasteiger partial charge in [-0.05, 0) is 28.7 Å². The number of benzene rings is 2. The summed E-state index contributed by atoms with van der Waals surface area (Å²) in [4.78, 5) is 50.3. The van der Waals surface area contributed by atoms with Gasteiger partial charge in [0, 0.05) is 19.0 Å². The van der Waals surface area contributed by atoms with Crippen molar-refractivity contribution >= 4 is 23.9 Å². The summed E-state index contributed by atoms with van der Waals surface area (Å²) in [5.74, 6) is -2.31. The Morgan fingerprint density at radius 2 is 1.74 bits per heavy atom. The lowest BCUT2D eigenvalue weighted by molar-refractivity contribution is -0.149. The van der Waals surface area contributed by atoms with E-state index < -0.39 is 42.4 Å². The van der Waals surface area contributed by atoms with Gasteiger partial charge in [-0.1, -0.05) is 55.5 Å². The normalized spacial score (nSPS) is 17.9. The fourth-order valence-electron chi connectivity index (χ4n) is 4.67. The van der Waals surface area contributed by atoms with Gasteiger partial charge in [-0.2, -0.15) is 0 Å². The Hall–Kier alpha value is -3.88. The maximum absolute atomic E-state index is 13.1. The van der Waals surface area contributed by atoms with E-state index in [0.29, 0.717) is 0 Å². The van der Waals surface area contributed by atoms with Gasteiger partial charge in [0.2, 0.25) is 11.8 Å². The van der Waals surface area contributed by atoms with E-state index in [9.17, 15) is 19.2 Å². The Labute approximate surface area is 197 Å². The molecule has 9 heteroatoms. The molecule has 1 unspecified atom stereocenters. The number of fused-ring (bicyclic) bond motifs is 3. The average Bonchev–Trinajstić information content (AvgIpc) is 3.15. The van der Waals surface area contributed by atoms with Gasteiger partial charge in [-0.3, -0.25) is 14.4 Å². The number of alkyl carbamates (subject to hydrolysis) is 1. The molecule has 0 bridgehead atoms. The van der Waals surface area contributed by atoms with Crippen LogP contribution >= 0.6 is 0 Å². The second kappa shape index (κ2) is 9.94. The van der Waals surface area contributed by atoms with Crippen molar-refractivity contribution in [2.45, 2.75) is 37.8 Å². The van der Waals surface area contributed by atoms with Crippen LogP contribution in [0, 0.1) is 0 Å². The summed E-state index contributed by atoms with van der Waals surface area (Å²) in [6.07, 6.45) is -0.974. The van der Waals surface area contributed by atoms with Crippen LogP contribution in [-0.4, -0.2) is 65.7 Å². The standard InChI is InChI=1S/C25H27N3O6/c1-2-20(24(32)28-12-11-26-23(31)21(28)13-22(29)30)27-25(33)34-14-19-17-9-5-3-7-15(17)16-8-4-6-10-18(16)19/h3-10,19-21H,2,11-14H2,1H3,(H,26,31)(H,27,33)(H,29,30)/t20-,21?/m1/s1. The number of nitrogens with one attached hydrogen (secondary N) is 2. The second-order valence-electron chi connectivity index (χ2n) is 8.37. The van der Waals surface area contributed by atoms with E-state index in [4.69, 9.17) is 9.84 Å². The molecule has 3 amide bonds. The first-order valence-corrected chi connectivity index (χ1v) is 11.3. The largest absolute Gasteiger partial charge is 0.481 e. The Balaban J connectivity index is 1.42. The van der Waals surface area contributed by atoms with Gasteiger partial charge in [-0.25, -0.2) is 4.79 Å². The predicted octanol–water partition coefficient (Wildman–Crippen LogP) is 2.11. The molecule has 4 rings (SSSR count). The molecule has 1 aliphatic heterocycles. The zero-order valence-corrected chi connectivity index (χ0v) is 18.8. The molecule has 0 radical (unpaired) electrons. The fraction of sp³-hybridized carbons (Fsp3) is 0.360.